The van der Waals surface area contributed by atoms with E-state index in [4.69, 9.17) is 4.74 Å². The molecule has 144 valence electrons. The molecular weight excluding hydrogens is 356 g/mol. The normalized spacial score (nSPS) is 15.8. The van der Waals surface area contributed by atoms with Gasteiger partial charge in [0.2, 0.25) is 10.0 Å². The lowest BCUT2D eigenvalue weighted by Gasteiger charge is -2.29. The van der Waals surface area contributed by atoms with Gasteiger partial charge in [-0.3, -0.25) is 9.10 Å². The van der Waals surface area contributed by atoms with Crippen LogP contribution in [0, 0.1) is 0 Å². The first-order valence-electron chi connectivity index (χ1n) is 8.52. The number of amides is 1. The number of hydrogen-bond donors (Lipinski definition) is 1. The van der Waals surface area contributed by atoms with Crippen LogP contribution in [0.2, 0.25) is 0 Å². The Bertz CT molecular complexity index is 811. The number of sulfonamides is 1. The molecule has 8 heteroatoms. The SMILES string of the molecule is C[C@@H](OC(=O)c1ccc2c(c1)CCCN2S(C)(=O)=O)C(=O)NC(C)(C)C. The highest BCUT2D eigenvalue weighted by molar-refractivity contribution is 7.92. The summed E-state index contributed by atoms with van der Waals surface area (Å²) in [6.45, 7) is 7.48. The van der Waals surface area contributed by atoms with E-state index in [1.54, 1.807) is 12.1 Å². The smallest absolute Gasteiger partial charge is 0.338 e. The summed E-state index contributed by atoms with van der Waals surface area (Å²) in [6.07, 6.45) is 1.61. The molecule has 1 heterocycles. The van der Waals surface area contributed by atoms with Crippen LogP contribution >= 0.6 is 0 Å². The van der Waals surface area contributed by atoms with Gasteiger partial charge in [-0.05, 0) is 64.3 Å². The Kier molecular flexibility index (Phi) is 5.65. The molecule has 0 aliphatic carbocycles. The van der Waals surface area contributed by atoms with Gasteiger partial charge in [-0.2, -0.15) is 0 Å². The fourth-order valence-electron chi connectivity index (χ4n) is 2.79. The van der Waals surface area contributed by atoms with Gasteiger partial charge in [0.15, 0.2) is 6.10 Å². The summed E-state index contributed by atoms with van der Waals surface area (Å²) < 4.78 is 30.4. The molecular formula is C18H26N2O5S. The maximum Gasteiger partial charge on any atom is 0.338 e. The Balaban J connectivity index is 2.15. The van der Waals surface area contributed by atoms with E-state index in [0.29, 0.717) is 30.6 Å². The maximum atomic E-state index is 12.4. The minimum atomic E-state index is -3.36. The zero-order valence-electron chi connectivity index (χ0n) is 15.8. The van der Waals surface area contributed by atoms with E-state index in [0.717, 1.165) is 5.56 Å². The van der Waals surface area contributed by atoms with Crippen LogP contribution in [0.15, 0.2) is 18.2 Å². The van der Waals surface area contributed by atoms with Crippen LogP contribution in [-0.2, 0) is 26.0 Å². The van der Waals surface area contributed by atoms with Crippen molar-refractivity contribution in [2.75, 3.05) is 17.1 Å². The molecule has 0 saturated heterocycles. The molecule has 0 unspecified atom stereocenters. The topological polar surface area (TPSA) is 92.8 Å². The van der Waals surface area contributed by atoms with Crippen molar-refractivity contribution in [3.8, 4) is 0 Å². The fraction of sp³-hybridized carbons (Fsp3) is 0.556. The van der Waals surface area contributed by atoms with E-state index in [-0.39, 0.29) is 5.91 Å². The summed E-state index contributed by atoms with van der Waals surface area (Å²) in [4.78, 5) is 24.4. The van der Waals surface area contributed by atoms with E-state index >= 15 is 0 Å². The lowest BCUT2D eigenvalue weighted by atomic mass is 10.0. The van der Waals surface area contributed by atoms with Gasteiger partial charge in [0, 0.05) is 12.1 Å². The second kappa shape index (κ2) is 7.26. The number of rotatable bonds is 4. The molecule has 0 radical (unpaired) electrons. The average molecular weight is 382 g/mol. The zero-order chi connectivity index (χ0) is 19.7. The van der Waals surface area contributed by atoms with Crippen molar-refractivity contribution in [2.45, 2.75) is 52.2 Å². The van der Waals surface area contributed by atoms with Gasteiger partial charge in [0.25, 0.3) is 5.91 Å². The van der Waals surface area contributed by atoms with Crippen LogP contribution in [0.4, 0.5) is 5.69 Å². The van der Waals surface area contributed by atoms with E-state index in [9.17, 15) is 18.0 Å². The van der Waals surface area contributed by atoms with Crippen molar-refractivity contribution in [2.24, 2.45) is 0 Å². The molecule has 0 bridgehead atoms. The van der Waals surface area contributed by atoms with E-state index in [2.05, 4.69) is 5.32 Å². The molecule has 0 spiro atoms. The Morgan fingerprint density at radius 2 is 1.92 bits per heavy atom. The highest BCUT2D eigenvalue weighted by Gasteiger charge is 2.26. The summed E-state index contributed by atoms with van der Waals surface area (Å²) in [5, 5.41) is 2.76. The quantitative estimate of drug-likeness (QED) is 0.803. The summed E-state index contributed by atoms with van der Waals surface area (Å²) in [5.41, 5.74) is 1.25. The number of fused-ring (bicyclic) bond motifs is 1. The molecule has 26 heavy (non-hydrogen) atoms. The van der Waals surface area contributed by atoms with E-state index < -0.39 is 27.6 Å². The third kappa shape index (κ3) is 4.97. The van der Waals surface area contributed by atoms with Crippen molar-refractivity contribution in [1.82, 2.24) is 5.32 Å². The van der Waals surface area contributed by atoms with Gasteiger partial charge in [0.05, 0.1) is 17.5 Å². The van der Waals surface area contributed by atoms with Gasteiger partial charge in [0.1, 0.15) is 0 Å². The number of nitrogens with zero attached hydrogens (tertiary/aromatic N) is 1. The third-order valence-electron chi connectivity index (χ3n) is 3.94. The molecule has 1 aromatic carbocycles. The molecule has 1 aliphatic heterocycles. The van der Waals surface area contributed by atoms with Gasteiger partial charge in [-0.1, -0.05) is 0 Å². The van der Waals surface area contributed by atoms with E-state index in [1.807, 2.05) is 20.8 Å². The molecule has 0 saturated carbocycles. The summed E-state index contributed by atoms with van der Waals surface area (Å²) in [7, 11) is -3.36. The molecule has 2 rings (SSSR count). The Labute approximate surface area is 154 Å². The van der Waals surface area contributed by atoms with Crippen LogP contribution < -0.4 is 9.62 Å². The van der Waals surface area contributed by atoms with Crippen molar-refractivity contribution in [3.05, 3.63) is 29.3 Å². The number of hydrogen-bond acceptors (Lipinski definition) is 5. The summed E-state index contributed by atoms with van der Waals surface area (Å²) in [5.74, 6) is -0.979. The second-order valence-electron chi connectivity index (χ2n) is 7.57. The van der Waals surface area contributed by atoms with Gasteiger partial charge >= 0.3 is 5.97 Å². The molecule has 1 aromatic rings. The first-order valence-corrected chi connectivity index (χ1v) is 10.4. The zero-order valence-corrected chi connectivity index (χ0v) is 16.6. The summed E-state index contributed by atoms with van der Waals surface area (Å²) in [6, 6.07) is 4.79. The molecule has 1 N–H and O–H groups in total. The lowest BCUT2D eigenvalue weighted by Crippen LogP contribution is -2.46. The molecule has 1 atom stereocenters. The number of anilines is 1. The predicted molar refractivity (Wildman–Crippen MR) is 99.7 cm³/mol. The predicted octanol–water partition coefficient (Wildman–Crippen LogP) is 1.86. The third-order valence-corrected chi connectivity index (χ3v) is 5.12. The summed E-state index contributed by atoms with van der Waals surface area (Å²) >= 11 is 0. The minimum absolute atomic E-state index is 0.300. The lowest BCUT2D eigenvalue weighted by molar-refractivity contribution is -0.130. The van der Waals surface area contributed by atoms with Gasteiger partial charge in [-0.15, -0.1) is 0 Å². The van der Waals surface area contributed by atoms with Crippen LogP contribution in [0.3, 0.4) is 0 Å². The van der Waals surface area contributed by atoms with Crippen molar-refractivity contribution in [3.63, 3.8) is 0 Å². The number of esters is 1. The monoisotopic (exact) mass is 382 g/mol. The highest BCUT2D eigenvalue weighted by atomic mass is 32.2. The number of aryl methyl sites for hydroxylation is 1. The number of carbonyl (C=O) groups excluding carboxylic acids is 2. The molecule has 1 aliphatic rings. The van der Waals surface area contributed by atoms with Crippen molar-refractivity contribution < 1.29 is 22.7 Å². The van der Waals surface area contributed by atoms with E-state index in [1.165, 1.54) is 23.6 Å². The maximum absolute atomic E-state index is 12.4. The fourth-order valence-corrected chi connectivity index (χ4v) is 3.78. The molecule has 7 nitrogen and oxygen atoms in total. The highest BCUT2D eigenvalue weighted by Crippen LogP contribution is 2.30. The average Bonchev–Trinajstić information content (AvgIpc) is 2.51. The van der Waals surface area contributed by atoms with Gasteiger partial charge < -0.3 is 10.1 Å². The standard InChI is InChI=1S/C18H26N2O5S/c1-12(16(21)19-18(2,3)4)25-17(22)14-8-9-15-13(11-14)7-6-10-20(15)26(5,23)24/h8-9,11-12H,6-7,10H2,1-5H3,(H,19,21)/t12-/m1/s1. The first-order chi connectivity index (χ1) is 11.9. The molecule has 0 fully saturated rings. The first kappa shape index (κ1) is 20.2. The van der Waals surface area contributed by atoms with Gasteiger partial charge in [-0.25, -0.2) is 13.2 Å². The Morgan fingerprint density at radius 1 is 1.27 bits per heavy atom. The largest absolute Gasteiger partial charge is 0.449 e. The molecule has 1 amide bonds. The minimum Gasteiger partial charge on any atom is -0.449 e. The van der Waals surface area contributed by atoms with Crippen LogP contribution in [-0.4, -0.2) is 44.7 Å². The Morgan fingerprint density at radius 3 is 2.50 bits per heavy atom. The second-order valence-corrected chi connectivity index (χ2v) is 9.48. The number of carbonyl (C=O) groups is 2. The van der Waals surface area contributed by atoms with Crippen LogP contribution in [0.1, 0.15) is 50.0 Å². The van der Waals surface area contributed by atoms with Crippen molar-refractivity contribution in [1.29, 1.82) is 0 Å². The number of ether oxygens (including phenoxy) is 1. The number of benzene rings is 1. The van der Waals surface area contributed by atoms with Crippen LogP contribution in [0.25, 0.3) is 0 Å². The van der Waals surface area contributed by atoms with Crippen LogP contribution in [0.5, 0.6) is 0 Å². The molecule has 0 aromatic heterocycles. The number of nitrogens with one attached hydrogen (secondary N) is 1. The Hall–Kier alpha value is -2.09. The van der Waals surface area contributed by atoms with Crippen molar-refractivity contribution >= 4 is 27.6 Å².